The van der Waals surface area contributed by atoms with E-state index in [1.807, 2.05) is 4.90 Å². The fraction of sp³-hybridized carbons (Fsp3) is 0.520. The molecule has 2 unspecified atom stereocenters. The summed E-state index contributed by atoms with van der Waals surface area (Å²) in [5, 5.41) is 20.4. The second kappa shape index (κ2) is 10.5. The van der Waals surface area contributed by atoms with Crippen LogP contribution in [0.4, 0.5) is 0 Å². The number of allylic oxidation sites excluding steroid dienone is 2. The van der Waals surface area contributed by atoms with Gasteiger partial charge in [-0.25, -0.2) is 4.79 Å². The van der Waals surface area contributed by atoms with E-state index in [0.717, 1.165) is 6.42 Å². The molecular weight excluding hydrogens is 446 g/mol. The maximum absolute atomic E-state index is 13.4. The van der Waals surface area contributed by atoms with Crippen molar-refractivity contribution in [1.29, 1.82) is 0 Å². The van der Waals surface area contributed by atoms with Crippen molar-refractivity contribution in [3.63, 3.8) is 0 Å². The number of methoxy groups -OCH3 is 2. The molecule has 4 atom stereocenters. The minimum absolute atomic E-state index is 0.00629. The Labute approximate surface area is 199 Å². The highest BCUT2D eigenvalue weighted by Crippen LogP contribution is 2.46. The zero-order chi connectivity index (χ0) is 24.3. The van der Waals surface area contributed by atoms with Crippen molar-refractivity contribution < 1.29 is 29.3 Å². The number of hydrogen-bond donors (Lipinski definition) is 2. The van der Waals surface area contributed by atoms with Crippen molar-refractivity contribution in [3.05, 3.63) is 40.5 Å². The number of carbonyl (C=O) groups is 2. The molecule has 180 valence electrons. The summed E-state index contributed by atoms with van der Waals surface area (Å²) < 4.78 is 10.8. The minimum atomic E-state index is -1.09. The monoisotopic (exact) mass is 477 g/mol. The number of nitrogens with zero attached hydrogens (tertiary/aromatic N) is 1. The third-order valence-electron chi connectivity index (χ3n) is 6.50. The van der Waals surface area contributed by atoms with Gasteiger partial charge in [0.25, 0.3) is 0 Å². The van der Waals surface area contributed by atoms with Gasteiger partial charge in [-0.2, -0.15) is 0 Å². The molecule has 0 bridgehead atoms. The van der Waals surface area contributed by atoms with Gasteiger partial charge in [-0.15, -0.1) is 0 Å². The third-order valence-corrected chi connectivity index (χ3v) is 6.82. The first kappa shape index (κ1) is 25.0. The number of benzene rings is 1. The number of carboxylic acid groups (broad SMARTS) is 1. The number of rotatable bonds is 7. The summed E-state index contributed by atoms with van der Waals surface area (Å²) in [6.45, 7) is 5.69. The van der Waals surface area contributed by atoms with E-state index in [1.54, 1.807) is 18.2 Å². The Morgan fingerprint density at radius 3 is 2.39 bits per heavy atom. The van der Waals surface area contributed by atoms with E-state index >= 15 is 0 Å². The molecular formula is C25H32ClNO6. The molecule has 0 aromatic heterocycles. The Hall–Kier alpha value is -2.67. The van der Waals surface area contributed by atoms with Crippen molar-refractivity contribution in [2.45, 2.75) is 39.0 Å². The summed E-state index contributed by atoms with van der Waals surface area (Å²) in [7, 11) is 2.99. The summed E-state index contributed by atoms with van der Waals surface area (Å²) in [5.74, 6) is -0.220. The molecule has 8 heteroatoms. The summed E-state index contributed by atoms with van der Waals surface area (Å²) in [6, 6.07) is 3.16. The maximum atomic E-state index is 13.4. The van der Waals surface area contributed by atoms with Crippen LogP contribution in [0.25, 0.3) is 0 Å². The van der Waals surface area contributed by atoms with Gasteiger partial charge in [-0.3, -0.25) is 4.79 Å². The largest absolute Gasteiger partial charge is 0.507 e. The highest BCUT2D eigenvalue weighted by molar-refractivity contribution is 6.35. The van der Waals surface area contributed by atoms with Crippen molar-refractivity contribution in [2.75, 3.05) is 27.3 Å². The van der Waals surface area contributed by atoms with E-state index in [9.17, 15) is 19.8 Å². The van der Waals surface area contributed by atoms with E-state index in [4.69, 9.17) is 21.1 Å². The Morgan fingerprint density at radius 2 is 1.85 bits per heavy atom. The van der Waals surface area contributed by atoms with Gasteiger partial charge >= 0.3 is 5.97 Å². The first-order valence-corrected chi connectivity index (χ1v) is 11.6. The maximum Gasteiger partial charge on any atom is 0.336 e. The number of amides is 1. The van der Waals surface area contributed by atoms with Crippen LogP contribution in [0.2, 0.25) is 0 Å². The predicted molar refractivity (Wildman–Crippen MR) is 126 cm³/mol. The molecule has 1 aromatic rings. The van der Waals surface area contributed by atoms with E-state index in [-0.39, 0.29) is 34.6 Å². The van der Waals surface area contributed by atoms with Gasteiger partial charge in [0.15, 0.2) is 0 Å². The summed E-state index contributed by atoms with van der Waals surface area (Å²) >= 11 is 6.29. The SMILES string of the molecule is COc1cc(O)c(C(CC(=O)N2C[C@H](C)C[C@H](C)C2)C2C=C(Cl)C(C(=O)O)=CC2)c(OC)c1. The molecule has 0 saturated carbocycles. The number of aliphatic carboxylic acids is 1. The number of hydrogen-bond acceptors (Lipinski definition) is 5. The average Bonchev–Trinajstić information content (AvgIpc) is 2.76. The fourth-order valence-corrected chi connectivity index (χ4v) is 5.38. The average molecular weight is 478 g/mol. The molecule has 1 aliphatic heterocycles. The van der Waals surface area contributed by atoms with Gasteiger partial charge in [0, 0.05) is 43.1 Å². The van der Waals surface area contributed by atoms with Crippen LogP contribution in [0.15, 0.2) is 34.9 Å². The molecule has 7 nitrogen and oxygen atoms in total. The van der Waals surface area contributed by atoms with Crippen LogP contribution >= 0.6 is 11.6 Å². The van der Waals surface area contributed by atoms with Crippen molar-refractivity contribution in [1.82, 2.24) is 4.90 Å². The molecule has 1 heterocycles. The van der Waals surface area contributed by atoms with Crippen LogP contribution in [-0.2, 0) is 9.59 Å². The lowest BCUT2D eigenvalue weighted by atomic mass is 9.77. The number of aromatic hydroxyl groups is 1. The molecule has 0 radical (unpaired) electrons. The van der Waals surface area contributed by atoms with Crippen LogP contribution in [0.5, 0.6) is 17.2 Å². The molecule has 33 heavy (non-hydrogen) atoms. The van der Waals surface area contributed by atoms with E-state index in [0.29, 0.717) is 48.4 Å². The Balaban J connectivity index is 2.00. The summed E-state index contributed by atoms with van der Waals surface area (Å²) in [6.07, 6.45) is 4.84. The van der Waals surface area contributed by atoms with Crippen molar-refractivity contribution in [3.8, 4) is 17.2 Å². The minimum Gasteiger partial charge on any atom is -0.507 e. The lowest BCUT2D eigenvalue weighted by Crippen LogP contribution is -2.43. The first-order valence-electron chi connectivity index (χ1n) is 11.2. The lowest BCUT2D eigenvalue weighted by molar-refractivity contribution is -0.135. The zero-order valence-corrected chi connectivity index (χ0v) is 20.3. The molecule has 2 aliphatic rings. The van der Waals surface area contributed by atoms with Gasteiger partial charge in [-0.1, -0.05) is 37.6 Å². The number of likely N-dealkylation sites (tertiary alicyclic amines) is 1. The van der Waals surface area contributed by atoms with Gasteiger partial charge in [0.1, 0.15) is 17.2 Å². The predicted octanol–water partition coefficient (Wildman–Crippen LogP) is 4.54. The first-order chi connectivity index (χ1) is 15.6. The Bertz CT molecular complexity index is 962. The number of phenols is 1. The van der Waals surface area contributed by atoms with Crippen molar-refractivity contribution >= 4 is 23.5 Å². The molecule has 3 rings (SSSR count). The fourth-order valence-electron chi connectivity index (χ4n) is 5.07. The Morgan fingerprint density at radius 1 is 1.18 bits per heavy atom. The molecule has 2 N–H and O–H groups in total. The van der Waals surface area contributed by atoms with Crippen LogP contribution in [0, 0.1) is 17.8 Å². The number of phenolic OH excluding ortho intramolecular Hbond substituents is 1. The lowest BCUT2D eigenvalue weighted by Gasteiger charge is -2.37. The second-order valence-electron chi connectivity index (χ2n) is 9.15. The smallest absolute Gasteiger partial charge is 0.336 e. The van der Waals surface area contributed by atoms with Gasteiger partial charge < -0.3 is 24.6 Å². The van der Waals surface area contributed by atoms with E-state index in [2.05, 4.69) is 13.8 Å². The second-order valence-corrected chi connectivity index (χ2v) is 9.56. The van der Waals surface area contributed by atoms with Gasteiger partial charge in [0.2, 0.25) is 5.91 Å². The van der Waals surface area contributed by atoms with E-state index in [1.165, 1.54) is 20.3 Å². The van der Waals surface area contributed by atoms with Crippen LogP contribution < -0.4 is 9.47 Å². The molecule has 0 spiro atoms. The topological polar surface area (TPSA) is 96.3 Å². The molecule has 1 saturated heterocycles. The number of ether oxygens (including phenoxy) is 2. The highest BCUT2D eigenvalue weighted by Gasteiger charge is 2.35. The number of carboxylic acids is 1. The van der Waals surface area contributed by atoms with E-state index < -0.39 is 11.9 Å². The van der Waals surface area contributed by atoms with Crippen LogP contribution in [-0.4, -0.2) is 54.3 Å². The normalized spacial score (nSPS) is 23.9. The van der Waals surface area contributed by atoms with Crippen molar-refractivity contribution in [2.24, 2.45) is 17.8 Å². The third kappa shape index (κ3) is 5.64. The summed E-state index contributed by atoms with van der Waals surface area (Å²) in [5.41, 5.74) is 0.533. The van der Waals surface area contributed by atoms with Crippen LogP contribution in [0.3, 0.4) is 0 Å². The highest BCUT2D eigenvalue weighted by atomic mass is 35.5. The molecule has 1 aromatic carbocycles. The molecule has 1 fully saturated rings. The van der Waals surface area contributed by atoms with Gasteiger partial charge in [0.05, 0.1) is 24.8 Å². The standard InChI is InChI=1S/C25H32ClNO6/c1-14-7-15(2)13-27(12-14)23(29)11-19(16-5-6-18(25(30)31)20(26)8-16)24-21(28)9-17(32-3)10-22(24)33-4/h6,8-10,14-16,19,28H,5,7,11-13H2,1-4H3,(H,30,31)/t14-,15+,16?,19?. The quantitative estimate of drug-likeness (QED) is 0.598. The zero-order valence-electron chi connectivity index (χ0n) is 19.5. The van der Waals surface area contributed by atoms with Crippen LogP contribution in [0.1, 0.15) is 44.6 Å². The number of halogens is 1. The summed E-state index contributed by atoms with van der Waals surface area (Å²) in [4.78, 5) is 26.8. The number of piperidine rings is 1. The Kier molecular flexibility index (Phi) is 7.95. The number of carbonyl (C=O) groups excluding carboxylic acids is 1. The molecule has 1 aliphatic carbocycles. The molecule has 1 amide bonds. The van der Waals surface area contributed by atoms with Gasteiger partial charge in [-0.05, 0) is 30.6 Å².